The predicted octanol–water partition coefficient (Wildman–Crippen LogP) is 4.19. The van der Waals surface area contributed by atoms with Crippen molar-refractivity contribution >= 4 is 33.9 Å². The number of para-hydroxylation sites is 4. The lowest BCUT2D eigenvalue weighted by Gasteiger charge is -2.22. The van der Waals surface area contributed by atoms with Gasteiger partial charge in [-0.15, -0.1) is 0 Å². The van der Waals surface area contributed by atoms with E-state index in [4.69, 9.17) is 0 Å². The first-order valence-corrected chi connectivity index (χ1v) is 9.75. The van der Waals surface area contributed by atoms with Gasteiger partial charge < -0.3 is 10.2 Å². The number of hydrogen-bond acceptors (Lipinski definition) is 4. The molecule has 150 valence electrons. The number of carbonyl (C=O) groups excluding carboxylic acids is 1. The number of hydrogen-bond donors (Lipinski definition) is 1. The number of anilines is 3. The van der Waals surface area contributed by atoms with Gasteiger partial charge in [0.15, 0.2) is 0 Å². The molecule has 0 spiro atoms. The Labute approximate surface area is 174 Å². The summed E-state index contributed by atoms with van der Waals surface area (Å²) >= 11 is 0. The highest BCUT2D eigenvalue weighted by atomic mass is 16.2. The summed E-state index contributed by atoms with van der Waals surface area (Å²) in [5.74, 6) is -0.163. The molecule has 0 saturated carbocycles. The number of nitrogens with zero attached hydrogens (tertiary/aromatic N) is 3. The van der Waals surface area contributed by atoms with Gasteiger partial charge in [0.2, 0.25) is 5.91 Å². The van der Waals surface area contributed by atoms with Gasteiger partial charge >= 0.3 is 0 Å². The molecule has 1 aromatic heterocycles. The minimum absolute atomic E-state index is 0.141. The van der Waals surface area contributed by atoms with Crippen LogP contribution in [0.25, 0.3) is 10.9 Å². The van der Waals surface area contributed by atoms with Crippen molar-refractivity contribution in [1.82, 2.24) is 9.55 Å². The van der Waals surface area contributed by atoms with E-state index in [0.717, 1.165) is 17.1 Å². The Bertz CT molecular complexity index is 1230. The molecule has 0 radical (unpaired) electrons. The monoisotopic (exact) mass is 398 g/mol. The van der Waals surface area contributed by atoms with E-state index in [1.165, 1.54) is 10.9 Å². The lowest BCUT2D eigenvalue weighted by atomic mass is 10.2. The van der Waals surface area contributed by atoms with Gasteiger partial charge in [0.05, 0.1) is 28.6 Å². The molecule has 4 rings (SSSR count). The number of amides is 1. The third-order valence-corrected chi connectivity index (χ3v) is 4.99. The zero-order valence-corrected chi connectivity index (χ0v) is 16.7. The molecule has 0 saturated heterocycles. The minimum Gasteiger partial charge on any atom is -0.343 e. The van der Waals surface area contributed by atoms with Crippen molar-refractivity contribution in [3.8, 4) is 0 Å². The number of rotatable bonds is 6. The maximum absolute atomic E-state index is 12.6. The first-order valence-electron chi connectivity index (χ1n) is 9.75. The summed E-state index contributed by atoms with van der Waals surface area (Å²) in [6, 6.07) is 24.8. The molecule has 1 amide bonds. The lowest BCUT2D eigenvalue weighted by molar-refractivity contribution is -0.116. The van der Waals surface area contributed by atoms with Crippen molar-refractivity contribution in [3.63, 3.8) is 0 Å². The maximum atomic E-state index is 12.6. The second-order valence-electron chi connectivity index (χ2n) is 6.97. The summed E-state index contributed by atoms with van der Waals surface area (Å²) in [4.78, 5) is 31.5. The van der Waals surface area contributed by atoms with Crippen LogP contribution in [0.1, 0.15) is 6.42 Å². The number of carbonyl (C=O) groups is 1. The standard InChI is InChI=1S/C24H22N4O2/c1-27(18-9-3-2-4-10-18)22-14-8-7-13-21(22)26-23(29)15-16-28-17-25-20-12-6-5-11-19(20)24(28)30/h2-14,17H,15-16H2,1H3,(H,26,29). The van der Waals surface area contributed by atoms with E-state index in [1.54, 1.807) is 12.1 Å². The van der Waals surface area contributed by atoms with Crippen LogP contribution in [0.5, 0.6) is 0 Å². The van der Waals surface area contributed by atoms with E-state index in [0.29, 0.717) is 10.9 Å². The molecule has 0 aliphatic rings. The van der Waals surface area contributed by atoms with Gasteiger partial charge in [0.25, 0.3) is 5.56 Å². The molecule has 0 unspecified atom stereocenters. The van der Waals surface area contributed by atoms with Gasteiger partial charge in [-0.1, -0.05) is 42.5 Å². The topological polar surface area (TPSA) is 67.2 Å². The molecule has 0 aliphatic heterocycles. The van der Waals surface area contributed by atoms with Gasteiger partial charge in [-0.25, -0.2) is 4.98 Å². The summed E-state index contributed by atoms with van der Waals surface area (Å²) < 4.78 is 1.48. The molecule has 0 aliphatic carbocycles. The van der Waals surface area contributed by atoms with Crippen molar-refractivity contribution in [3.05, 3.63) is 95.5 Å². The van der Waals surface area contributed by atoms with Crippen LogP contribution in [0.2, 0.25) is 0 Å². The molecular formula is C24H22N4O2. The lowest BCUT2D eigenvalue weighted by Crippen LogP contribution is -2.24. The van der Waals surface area contributed by atoms with Gasteiger partial charge in [-0.2, -0.15) is 0 Å². The zero-order chi connectivity index (χ0) is 20.9. The zero-order valence-electron chi connectivity index (χ0n) is 16.7. The molecule has 4 aromatic rings. The smallest absolute Gasteiger partial charge is 0.261 e. The van der Waals surface area contributed by atoms with E-state index >= 15 is 0 Å². The molecule has 1 heterocycles. The number of nitrogens with one attached hydrogen (secondary N) is 1. The normalized spacial score (nSPS) is 10.7. The second kappa shape index (κ2) is 8.61. The van der Waals surface area contributed by atoms with Crippen LogP contribution in [0.3, 0.4) is 0 Å². The summed E-state index contributed by atoms with van der Waals surface area (Å²) in [5.41, 5.74) is 3.14. The molecule has 3 aromatic carbocycles. The number of aromatic nitrogens is 2. The highest BCUT2D eigenvalue weighted by Crippen LogP contribution is 2.30. The first kappa shape index (κ1) is 19.4. The predicted molar refractivity (Wildman–Crippen MR) is 120 cm³/mol. The van der Waals surface area contributed by atoms with Crippen molar-refractivity contribution in [2.45, 2.75) is 13.0 Å². The average molecular weight is 398 g/mol. The Hall–Kier alpha value is -3.93. The Morgan fingerprint density at radius 2 is 1.67 bits per heavy atom. The molecule has 1 N–H and O–H groups in total. The fourth-order valence-electron chi connectivity index (χ4n) is 3.36. The molecule has 6 nitrogen and oxygen atoms in total. The Morgan fingerprint density at radius 1 is 0.967 bits per heavy atom. The fourth-order valence-corrected chi connectivity index (χ4v) is 3.36. The highest BCUT2D eigenvalue weighted by molar-refractivity contribution is 5.95. The van der Waals surface area contributed by atoms with Crippen LogP contribution in [-0.2, 0) is 11.3 Å². The average Bonchev–Trinajstić information content (AvgIpc) is 2.79. The fraction of sp³-hybridized carbons (Fsp3) is 0.125. The van der Waals surface area contributed by atoms with Gasteiger partial charge in [-0.05, 0) is 36.4 Å². The van der Waals surface area contributed by atoms with Crippen molar-refractivity contribution in [2.24, 2.45) is 0 Å². The Kier molecular flexibility index (Phi) is 5.57. The van der Waals surface area contributed by atoms with E-state index in [2.05, 4.69) is 10.3 Å². The Balaban J connectivity index is 1.48. The van der Waals surface area contributed by atoms with E-state index in [1.807, 2.05) is 78.7 Å². The quantitative estimate of drug-likeness (QED) is 0.529. The Morgan fingerprint density at radius 3 is 2.50 bits per heavy atom. The van der Waals surface area contributed by atoms with Crippen LogP contribution in [0, 0.1) is 0 Å². The number of fused-ring (bicyclic) bond motifs is 1. The van der Waals surface area contributed by atoms with Crippen LogP contribution in [-0.4, -0.2) is 22.5 Å². The van der Waals surface area contributed by atoms with E-state index < -0.39 is 0 Å². The summed E-state index contributed by atoms with van der Waals surface area (Å²) in [5, 5.41) is 3.52. The third-order valence-electron chi connectivity index (χ3n) is 4.99. The van der Waals surface area contributed by atoms with Crippen LogP contribution < -0.4 is 15.8 Å². The first-order chi connectivity index (χ1) is 14.6. The third kappa shape index (κ3) is 4.07. The second-order valence-corrected chi connectivity index (χ2v) is 6.97. The molecule has 0 atom stereocenters. The van der Waals surface area contributed by atoms with Gasteiger partial charge in [0, 0.05) is 25.7 Å². The van der Waals surface area contributed by atoms with Crippen molar-refractivity contribution < 1.29 is 4.79 Å². The summed E-state index contributed by atoms with van der Waals surface area (Å²) in [6.07, 6.45) is 1.67. The maximum Gasteiger partial charge on any atom is 0.261 e. The number of aryl methyl sites for hydroxylation is 1. The van der Waals surface area contributed by atoms with Crippen LogP contribution in [0.4, 0.5) is 17.1 Å². The molecule has 30 heavy (non-hydrogen) atoms. The van der Waals surface area contributed by atoms with E-state index in [-0.39, 0.29) is 24.4 Å². The van der Waals surface area contributed by atoms with Crippen molar-refractivity contribution in [1.29, 1.82) is 0 Å². The number of benzene rings is 3. The summed E-state index contributed by atoms with van der Waals surface area (Å²) in [7, 11) is 1.96. The molecular weight excluding hydrogens is 376 g/mol. The largest absolute Gasteiger partial charge is 0.343 e. The molecule has 0 bridgehead atoms. The minimum atomic E-state index is -0.163. The highest BCUT2D eigenvalue weighted by Gasteiger charge is 2.12. The van der Waals surface area contributed by atoms with Crippen molar-refractivity contribution in [2.75, 3.05) is 17.3 Å². The van der Waals surface area contributed by atoms with Crippen LogP contribution >= 0.6 is 0 Å². The van der Waals surface area contributed by atoms with Gasteiger partial charge in [-0.3, -0.25) is 14.2 Å². The SMILES string of the molecule is CN(c1ccccc1)c1ccccc1NC(=O)CCn1cnc2ccccc2c1=O. The van der Waals surface area contributed by atoms with E-state index in [9.17, 15) is 9.59 Å². The molecule has 6 heteroatoms. The summed E-state index contributed by atoms with van der Waals surface area (Å²) in [6.45, 7) is 0.263. The van der Waals surface area contributed by atoms with Gasteiger partial charge in [0.1, 0.15) is 0 Å². The molecule has 0 fully saturated rings. The van der Waals surface area contributed by atoms with Crippen LogP contribution in [0.15, 0.2) is 90.0 Å².